The molecule has 0 fully saturated rings. The number of aryl methyl sites for hydroxylation is 2. The summed E-state index contributed by atoms with van der Waals surface area (Å²) in [4.78, 5) is 25.0. The molecule has 0 spiro atoms. The maximum Gasteiger partial charge on any atom is 1.00 e. The molecule has 0 saturated heterocycles. The fourth-order valence-corrected chi connectivity index (χ4v) is 6.80. The minimum absolute atomic E-state index is 0. The number of azo groups is 2. The second-order valence-electron chi connectivity index (χ2n) is 12.4. The van der Waals surface area contributed by atoms with E-state index in [9.17, 15) is 36.6 Å². The fourth-order valence-electron chi connectivity index (χ4n) is 4.95. The zero-order valence-corrected chi connectivity index (χ0v) is 37.3. The number of sulfonamides is 2. The first-order chi connectivity index (χ1) is 26.4. The van der Waals surface area contributed by atoms with Crippen LogP contribution in [0.4, 0.5) is 22.7 Å². The number of nitrogens with zero attached hydrogens (tertiary/aromatic N) is 8. The third kappa shape index (κ3) is 10.4. The molecule has 0 radical (unpaired) electrons. The van der Waals surface area contributed by atoms with Crippen molar-refractivity contribution in [3.63, 3.8) is 0 Å². The van der Waals surface area contributed by atoms with E-state index in [0.717, 1.165) is 20.7 Å². The molecule has 0 bridgehead atoms. The Hall–Kier alpha value is -4.95. The number of phenolic OH excluding ortho intramolecular Hbond substituents is 2. The number of H-pyrrole nitrogens is 2. The first kappa shape index (κ1) is 47.4. The molecule has 4 aromatic carbocycles. The van der Waals surface area contributed by atoms with E-state index in [-0.39, 0.29) is 91.0 Å². The van der Waals surface area contributed by atoms with Gasteiger partial charge in [0.25, 0.3) is 11.1 Å². The van der Waals surface area contributed by atoms with E-state index in [4.69, 9.17) is 0 Å². The van der Waals surface area contributed by atoms with Gasteiger partial charge in [-0.25, -0.2) is 34.8 Å². The van der Waals surface area contributed by atoms with Crippen molar-refractivity contribution in [2.24, 2.45) is 20.5 Å². The predicted octanol–water partition coefficient (Wildman–Crippen LogP) is 2.69. The Balaban J connectivity index is 0.000000300. The molecule has 0 aliphatic carbocycles. The summed E-state index contributed by atoms with van der Waals surface area (Å²) in [6.07, 6.45) is 0. The van der Waals surface area contributed by atoms with Crippen LogP contribution in [0.5, 0.6) is 11.5 Å². The van der Waals surface area contributed by atoms with Crippen molar-refractivity contribution in [2.45, 2.75) is 23.6 Å². The Bertz CT molecular complexity index is 2590. The predicted molar refractivity (Wildman–Crippen MR) is 209 cm³/mol. The van der Waals surface area contributed by atoms with Crippen LogP contribution in [0, 0.1) is 13.8 Å². The van der Waals surface area contributed by atoms with Crippen molar-refractivity contribution < 1.29 is 74.0 Å². The van der Waals surface area contributed by atoms with Crippen LogP contribution in [-0.4, -0.2) is 83.4 Å². The van der Waals surface area contributed by atoms with Crippen molar-refractivity contribution in [3.05, 3.63) is 129 Å². The number of aromatic hydroxyl groups is 2. The van der Waals surface area contributed by atoms with Crippen LogP contribution in [0.1, 0.15) is 11.4 Å². The van der Waals surface area contributed by atoms with E-state index in [1.807, 2.05) is 12.1 Å². The zero-order valence-electron chi connectivity index (χ0n) is 32.4. The number of nitrogens with one attached hydrogen (secondary N) is 2. The van der Waals surface area contributed by atoms with Gasteiger partial charge in [-0.15, -0.1) is 20.5 Å². The van der Waals surface area contributed by atoms with Gasteiger partial charge in [0.2, 0.25) is 20.0 Å². The summed E-state index contributed by atoms with van der Waals surface area (Å²) in [6.45, 7) is 3.36. The van der Waals surface area contributed by atoms with Crippen LogP contribution in [0.15, 0.2) is 137 Å². The molecule has 22 heteroatoms. The van der Waals surface area contributed by atoms with Crippen molar-refractivity contribution in [2.75, 3.05) is 28.2 Å². The number of rotatable bonds is 10. The summed E-state index contributed by atoms with van der Waals surface area (Å²) in [5.74, 6) is -0.716. The molecule has 0 amide bonds. The Morgan fingerprint density at radius 2 is 0.879 bits per heavy atom. The average Bonchev–Trinajstić information content (AvgIpc) is 3.62. The number of hydrogen-bond acceptors (Lipinski definition) is 12. The summed E-state index contributed by atoms with van der Waals surface area (Å²) in [7, 11) is -1.78. The minimum atomic E-state index is -3.68. The van der Waals surface area contributed by atoms with Gasteiger partial charge >= 0.3 is 29.6 Å². The smallest absolute Gasteiger partial charge is 0.506 e. The Morgan fingerprint density at radius 3 is 1.17 bits per heavy atom. The third-order valence-corrected chi connectivity index (χ3v) is 11.7. The molecule has 6 rings (SSSR count). The first-order valence-electron chi connectivity index (χ1n) is 16.5. The van der Waals surface area contributed by atoms with E-state index in [1.54, 1.807) is 62.4 Å². The second kappa shape index (κ2) is 19.7. The number of phenols is 2. The second-order valence-corrected chi connectivity index (χ2v) is 16.7. The average molecular weight is 878 g/mol. The molecular formula is C36H38CrN10NaO8S2+. The van der Waals surface area contributed by atoms with Gasteiger partial charge in [0.1, 0.15) is 22.9 Å². The maximum atomic E-state index is 12.6. The maximum absolute atomic E-state index is 12.6. The molecule has 2 heterocycles. The monoisotopic (exact) mass is 877 g/mol. The fraction of sp³-hybridized carbons (Fsp3) is 0.167. The molecule has 0 aliphatic heterocycles. The summed E-state index contributed by atoms with van der Waals surface area (Å²) >= 11 is 0. The number of aromatic amines is 2. The van der Waals surface area contributed by atoms with E-state index >= 15 is 0 Å². The van der Waals surface area contributed by atoms with Crippen LogP contribution < -0.4 is 40.7 Å². The zero-order chi connectivity index (χ0) is 40.9. The van der Waals surface area contributed by atoms with Gasteiger partial charge in [-0.1, -0.05) is 36.4 Å². The Morgan fingerprint density at radius 1 is 0.552 bits per heavy atom. The SMILES string of the molecule is Cc1[nH]n(-c2ccccc2)c(=O)c1N=Nc1ccc(S(=O)(=O)N(C)C)cc1O.Cc1[nH]n(-c2ccccc2)c(=O)c1N=Nc1ccc(S(=O)(=O)N(C)C)cc1O.[Cr].[Na+]. The summed E-state index contributed by atoms with van der Waals surface area (Å²) < 4.78 is 53.2. The van der Waals surface area contributed by atoms with Crippen molar-refractivity contribution >= 4 is 42.8 Å². The molecule has 0 atom stereocenters. The molecule has 0 unspecified atom stereocenters. The number of hydrogen-bond donors (Lipinski definition) is 4. The number of aromatic nitrogens is 4. The molecule has 298 valence electrons. The van der Waals surface area contributed by atoms with Crippen molar-refractivity contribution in [1.29, 1.82) is 0 Å². The van der Waals surface area contributed by atoms with Gasteiger partial charge in [-0.3, -0.25) is 19.8 Å². The molecule has 2 aromatic heterocycles. The largest absolute Gasteiger partial charge is 1.00 e. The summed E-state index contributed by atoms with van der Waals surface area (Å²) in [5.41, 5.74) is 1.80. The molecule has 0 aliphatic rings. The Kier molecular flexibility index (Phi) is 16.1. The quantitative estimate of drug-likeness (QED) is 0.118. The van der Waals surface area contributed by atoms with Gasteiger partial charge in [0, 0.05) is 57.7 Å². The van der Waals surface area contributed by atoms with Crippen LogP contribution in [0.2, 0.25) is 0 Å². The van der Waals surface area contributed by atoms with Gasteiger partial charge < -0.3 is 10.2 Å². The van der Waals surface area contributed by atoms with E-state index in [0.29, 0.717) is 22.8 Å². The van der Waals surface area contributed by atoms with Gasteiger partial charge in [0.15, 0.2) is 11.4 Å². The molecule has 4 N–H and O–H groups in total. The van der Waals surface area contributed by atoms with Gasteiger partial charge in [0.05, 0.1) is 32.6 Å². The molecular weight excluding hydrogens is 840 g/mol. The van der Waals surface area contributed by atoms with E-state index in [1.165, 1.54) is 61.8 Å². The van der Waals surface area contributed by atoms with E-state index < -0.39 is 31.2 Å². The third-order valence-electron chi connectivity index (χ3n) is 8.08. The van der Waals surface area contributed by atoms with Crippen LogP contribution in [0.3, 0.4) is 0 Å². The van der Waals surface area contributed by atoms with Crippen molar-refractivity contribution in [3.8, 4) is 22.9 Å². The number of benzene rings is 4. The topological polar surface area (TPSA) is 240 Å². The van der Waals surface area contributed by atoms with Gasteiger partial charge in [-0.2, -0.15) is 0 Å². The number of para-hydroxylation sites is 2. The van der Waals surface area contributed by atoms with Gasteiger partial charge in [-0.05, 0) is 62.4 Å². The van der Waals surface area contributed by atoms with Crippen molar-refractivity contribution in [1.82, 2.24) is 28.2 Å². The summed E-state index contributed by atoms with van der Waals surface area (Å²) in [6, 6.07) is 25.5. The first-order valence-corrected chi connectivity index (χ1v) is 19.4. The summed E-state index contributed by atoms with van der Waals surface area (Å²) in [5, 5.41) is 41.8. The van der Waals surface area contributed by atoms with Crippen LogP contribution >= 0.6 is 0 Å². The standard InChI is InChI=1S/2C18H19N5O4S.Cr.Na/c2*1-12-17(18(25)23(21-12)13-7-5-4-6-8-13)20-19-15-10-9-14(11-16(15)24)28(26,27)22(2)3;;/h2*4-11,21,24H,1-3H3;;/q;;;+1. The van der Waals surface area contributed by atoms with E-state index in [2.05, 4.69) is 30.7 Å². The minimum Gasteiger partial charge on any atom is -0.506 e. The molecule has 0 saturated carbocycles. The molecule has 58 heavy (non-hydrogen) atoms. The normalized spacial score (nSPS) is 11.7. The van der Waals surface area contributed by atoms with Crippen LogP contribution in [-0.2, 0) is 37.4 Å². The van der Waals surface area contributed by atoms with Crippen LogP contribution in [0.25, 0.3) is 11.4 Å². The molecule has 18 nitrogen and oxygen atoms in total. The molecule has 6 aromatic rings. The Labute approximate surface area is 366 Å².